The first kappa shape index (κ1) is 10.7. The molecule has 1 aromatic heterocycles. The molecule has 0 bridgehead atoms. The Morgan fingerprint density at radius 2 is 2.53 bits per heavy atom. The molecule has 1 N–H and O–H groups in total. The summed E-state index contributed by atoms with van der Waals surface area (Å²) in [5.41, 5.74) is 0. The van der Waals surface area contributed by atoms with Crippen LogP contribution in [0.25, 0.3) is 0 Å². The molecule has 15 heavy (non-hydrogen) atoms. The molecule has 0 aromatic carbocycles. The number of piperazine rings is 1. The van der Waals surface area contributed by atoms with Crippen LogP contribution in [0, 0.1) is 0 Å². The van der Waals surface area contributed by atoms with Gasteiger partial charge < -0.3 is 9.73 Å². The third-order valence-electron chi connectivity index (χ3n) is 3.09. The van der Waals surface area contributed by atoms with E-state index in [4.69, 9.17) is 4.42 Å². The molecule has 1 saturated heterocycles. The van der Waals surface area contributed by atoms with E-state index in [1.807, 2.05) is 6.07 Å². The number of aryl methyl sites for hydroxylation is 1. The van der Waals surface area contributed by atoms with Gasteiger partial charge in [-0.3, -0.25) is 4.90 Å². The third-order valence-corrected chi connectivity index (χ3v) is 3.09. The fraction of sp³-hybridized carbons (Fsp3) is 0.667. The van der Waals surface area contributed by atoms with Crippen LogP contribution in [-0.4, -0.2) is 37.1 Å². The predicted octanol–water partition coefficient (Wildman–Crippen LogP) is 1.51. The minimum absolute atomic E-state index is 0.676. The summed E-state index contributed by atoms with van der Waals surface area (Å²) >= 11 is 0. The number of furan rings is 1. The normalized spacial score (nSPS) is 23.1. The molecular weight excluding hydrogens is 188 g/mol. The molecule has 84 valence electrons. The van der Waals surface area contributed by atoms with Gasteiger partial charge in [-0.15, -0.1) is 0 Å². The second-order valence-electron chi connectivity index (χ2n) is 4.27. The molecule has 1 atom stereocenters. The molecule has 3 heteroatoms. The van der Waals surface area contributed by atoms with Crippen LogP contribution in [0.15, 0.2) is 22.8 Å². The molecule has 3 nitrogen and oxygen atoms in total. The molecule has 0 spiro atoms. The molecular formula is C12H20N2O. The molecule has 0 amide bonds. The topological polar surface area (TPSA) is 28.4 Å². The number of nitrogens with one attached hydrogen (secondary N) is 1. The van der Waals surface area contributed by atoms with Gasteiger partial charge in [0.1, 0.15) is 5.76 Å². The van der Waals surface area contributed by atoms with Crippen LogP contribution < -0.4 is 5.32 Å². The molecule has 1 aliphatic rings. The first-order valence-corrected chi connectivity index (χ1v) is 5.83. The van der Waals surface area contributed by atoms with Gasteiger partial charge in [0.15, 0.2) is 0 Å². The molecule has 1 fully saturated rings. The molecule has 0 saturated carbocycles. The Hall–Kier alpha value is -0.800. The fourth-order valence-corrected chi connectivity index (χ4v) is 2.13. The summed E-state index contributed by atoms with van der Waals surface area (Å²) in [6.07, 6.45) is 4.00. The van der Waals surface area contributed by atoms with Crippen molar-refractivity contribution in [2.75, 3.05) is 26.2 Å². The summed E-state index contributed by atoms with van der Waals surface area (Å²) < 4.78 is 5.32. The van der Waals surface area contributed by atoms with Crippen molar-refractivity contribution in [1.29, 1.82) is 0 Å². The maximum Gasteiger partial charge on any atom is 0.103 e. The van der Waals surface area contributed by atoms with Gasteiger partial charge in [0, 0.05) is 32.1 Å². The van der Waals surface area contributed by atoms with Crippen molar-refractivity contribution in [3.8, 4) is 0 Å². The van der Waals surface area contributed by atoms with E-state index in [1.165, 1.54) is 19.5 Å². The van der Waals surface area contributed by atoms with E-state index < -0.39 is 0 Å². The zero-order valence-electron chi connectivity index (χ0n) is 9.41. The monoisotopic (exact) mass is 208 g/mol. The second-order valence-corrected chi connectivity index (χ2v) is 4.27. The summed E-state index contributed by atoms with van der Waals surface area (Å²) in [7, 11) is 0. The van der Waals surface area contributed by atoms with Crippen molar-refractivity contribution < 1.29 is 4.42 Å². The molecule has 1 aromatic rings. The highest BCUT2D eigenvalue weighted by molar-refractivity contribution is 4.98. The van der Waals surface area contributed by atoms with Crippen molar-refractivity contribution in [3.05, 3.63) is 24.2 Å². The molecule has 1 aliphatic heterocycles. The zero-order valence-corrected chi connectivity index (χ0v) is 9.41. The molecule has 2 rings (SSSR count). The van der Waals surface area contributed by atoms with Crippen LogP contribution in [0.1, 0.15) is 19.1 Å². The van der Waals surface area contributed by atoms with Gasteiger partial charge in [0.2, 0.25) is 0 Å². The first-order valence-electron chi connectivity index (χ1n) is 5.83. The van der Waals surface area contributed by atoms with Crippen LogP contribution in [0.2, 0.25) is 0 Å². The number of rotatable bonds is 4. The largest absolute Gasteiger partial charge is 0.469 e. The zero-order chi connectivity index (χ0) is 10.5. The van der Waals surface area contributed by atoms with E-state index in [2.05, 4.69) is 23.2 Å². The van der Waals surface area contributed by atoms with E-state index in [0.29, 0.717) is 6.04 Å². The predicted molar refractivity (Wildman–Crippen MR) is 60.9 cm³/mol. The number of nitrogens with zero attached hydrogens (tertiary/aromatic N) is 1. The summed E-state index contributed by atoms with van der Waals surface area (Å²) in [5, 5.41) is 3.41. The Balaban J connectivity index is 1.68. The molecule has 1 unspecified atom stereocenters. The van der Waals surface area contributed by atoms with Gasteiger partial charge >= 0.3 is 0 Å². The number of hydrogen-bond acceptors (Lipinski definition) is 3. The molecule has 0 radical (unpaired) electrons. The Bertz CT molecular complexity index is 271. The van der Waals surface area contributed by atoms with E-state index in [9.17, 15) is 0 Å². The van der Waals surface area contributed by atoms with Crippen molar-refractivity contribution >= 4 is 0 Å². The molecule has 2 heterocycles. The van der Waals surface area contributed by atoms with Gasteiger partial charge in [-0.25, -0.2) is 0 Å². The average molecular weight is 208 g/mol. The van der Waals surface area contributed by atoms with Crippen LogP contribution >= 0.6 is 0 Å². The summed E-state index contributed by atoms with van der Waals surface area (Å²) in [4.78, 5) is 2.56. The number of hydrogen-bond donors (Lipinski definition) is 1. The van der Waals surface area contributed by atoms with E-state index in [1.54, 1.807) is 6.26 Å². The SMILES string of the molecule is CC1CNCCN1CCCc1ccco1. The first-order chi connectivity index (χ1) is 7.36. The van der Waals surface area contributed by atoms with Gasteiger partial charge in [0.05, 0.1) is 6.26 Å². The molecule has 0 aliphatic carbocycles. The lowest BCUT2D eigenvalue weighted by atomic mass is 10.2. The average Bonchev–Trinajstić information content (AvgIpc) is 2.74. The lowest BCUT2D eigenvalue weighted by Crippen LogP contribution is -2.49. The maximum atomic E-state index is 5.32. The maximum absolute atomic E-state index is 5.32. The van der Waals surface area contributed by atoms with Crippen molar-refractivity contribution in [3.63, 3.8) is 0 Å². The minimum Gasteiger partial charge on any atom is -0.469 e. The van der Waals surface area contributed by atoms with Gasteiger partial charge in [-0.2, -0.15) is 0 Å². The standard InChI is InChI=1S/C12H20N2O/c1-11-10-13-6-8-14(11)7-2-4-12-5-3-9-15-12/h3,5,9,11,13H,2,4,6-8,10H2,1H3. The highest BCUT2D eigenvalue weighted by Gasteiger charge is 2.16. The lowest BCUT2D eigenvalue weighted by molar-refractivity contribution is 0.171. The van der Waals surface area contributed by atoms with Crippen molar-refractivity contribution in [2.24, 2.45) is 0 Å². The lowest BCUT2D eigenvalue weighted by Gasteiger charge is -2.33. The second kappa shape index (κ2) is 5.33. The fourth-order valence-electron chi connectivity index (χ4n) is 2.13. The summed E-state index contributed by atoms with van der Waals surface area (Å²) in [6.45, 7) is 6.91. The van der Waals surface area contributed by atoms with Gasteiger partial charge in [-0.05, 0) is 32.0 Å². The highest BCUT2D eigenvalue weighted by atomic mass is 16.3. The van der Waals surface area contributed by atoms with Crippen molar-refractivity contribution in [1.82, 2.24) is 10.2 Å². The van der Waals surface area contributed by atoms with Crippen LogP contribution in [0.3, 0.4) is 0 Å². The Kier molecular flexibility index (Phi) is 3.80. The minimum atomic E-state index is 0.676. The van der Waals surface area contributed by atoms with Gasteiger partial charge in [0.25, 0.3) is 0 Å². The van der Waals surface area contributed by atoms with E-state index in [0.717, 1.165) is 25.3 Å². The van der Waals surface area contributed by atoms with Crippen LogP contribution in [0.4, 0.5) is 0 Å². The summed E-state index contributed by atoms with van der Waals surface area (Å²) in [6, 6.07) is 4.69. The summed E-state index contributed by atoms with van der Waals surface area (Å²) in [5.74, 6) is 1.11. The Morgan fingerprint density at radius 3 is 3.27 bits per heavy atom. The van der Waals surface area contributed by atoms with E-state index in [-0.39, 0.29) is 0 Å². The van der Waals surface area contributed by atoms with Crippen LogP contribution in [-0.2, 0) is 6.42 Å². The van der Waals surface area contributed by atoms with E-state index >= 15 is 0 Å². The highest BCUT2D eigenvalue weighted by Crippen LogP contribution is 2.07. The Labute approximate surface area is 91.4 Å². The quantitative estimate of drug-likeness (QED) is 0.813. The third kappa shape index (κ3) is 3.08. The Morgan fingerprint density at radius 1 is 1.60 bits per heavy atom. The van der Waals surface area contributed by atoms with Crippen LogP contribution in [0.5, 0.6) is 0 Å². The van der Waals surface area contributed by atoms with Gasteiger partial charge in [-0.1, -0.05) is 0 Å². The smallest absolute Gasteiger partial charge is 0.103 e. The van der Waals surface area contributed by atoms with Crippen molar-refractivity contribution in [2.45, 2.75) is 25.8 Å².